The van der Waals surface area contributed by atoms with Crippen LogP contribution in [-0.4, -0.2) is 29.1 Å². The molecule has 164 valence electrons. The Morgan fingerprint density at radius 2 is 1.73 bits per heavy atom. The summed E-state index contributed by atoms with van der Waals surface area (Å²) in [6, 6.07) is 20.8. The minimum atomic E-state index is -0.883. The van der Waals surface area contributed by atoms with Gasteiger partial charge in [0.2, 0.25) is 0 Å². The van der Waals surface area contributed by atoms with Gasteiger partial charge in [0.15, 0.2) is 5.82 Å². The van der Waals surface area contributed by atoms with E-state index in [1.165, 1.54) is 4.90 Å². The first-order valence-corrected chi connectivity index (χ1v) is 10.4. The van der Waals surface area contributed by atoms with Crippen LogP contribution in [0, 0.1) is 6.92 Å². The van der Waals surface area contributed by atoms with Crippen LogP contribution in [0.3, 0.4) is 0 Å². The van der Waals surface area contributed by atoms with Gasteiger partial charge in [-0.05, 0) is 41.5 Å². The van der Waals surface area contributed by atoms with Crippen LogP contribution in [-0.2, 0) is 9.59 Å². The summed E-state index contributed by atoms with van der Waals surface area (Å²) in [6.07, 6.45) is 0. The number of benzene rings is 3. The van der Waals surface area contributed by atoms with E-state index < -0.39 is 17.7 Å². The highest BCUT2D eigenvalue weighted by Gasteiger charge is 2.48. The van der Waals surface area contributed by atoms with Gasteiger partial charge in [-0.15, -0.1) is 0 Å². The van der Waals surface area contributed by atoms with Gasteiger partial charge in [-0.1, -0.05) is 53.7 Å². The smallest absolute Gasteiger partial charge is 0.301 e. The van der Waals surface area contributed by atoms with Crippen molar-refractivity contribution >= 4 is 34.0 Å². The van der Waals surface area contributed by atoms with Crippen molar-refractivity contribution in [3.63, 3.8) is 0 Å². The Kier molecular flexibility index (Phi) is 4.94. The summed E-state index contributed by atoms with van der Waals surface area (Å²) in [6.45, 7) is 1.70. The fourth-order valence-corrected chi connectivity index (χ4v) is 4.13. The molecular weight excluding hydrogens is 420 g/mol. The molecule has 7 nitrogen and oxygen atoms in total. The van der Waals surface area contributed by atoms with Gasteiger partial charge in [-0.25, -0.2) is 0 Å². The van der Waals surface area contributed by atoms with Crippen molar-refractivity contribution in [2.24, 2.45) is 0 Å². The standard InChI is InChI=1S/C26H20N2O5/c1-15-13-21(27-33-15)28-23(17-9-11-20(32-2)12-10-17)22(25(30)26(28)31)24(29)19-8-7-16-5-3-4-6-18(16)14-19/h3-14,23,29H,1-2H3. The number of aryl methyl sites for hydroxylation is 1. The number of methoxy groups -OCH3 is 1. The van der Waals surface area contributed by atoms with Gasteiger partial charge < -0.3 is 14.4 Å². The van der Waals surface area contributed by atoms with Gasteiger partial charge in [0.05, 0.1) is 18.7 Å². The quantitative estimate of drug-likeness (QED) is 0.279. The van der Waals surface area contributed by atoms with E-state index in [0.717, 1.165) is 10.8 Å². The lowest BCUT2D eigenvalue weighted by molar-refractivity contribution is -0.132. The summed E-state index contributed by atoms with van der Waals surface area (Å²) in [5, 5.41) is 17.1. The number of amides is 1. The molecule has 0 saturated carbocycles. The van der Waals surface area contributed by atoms with E-state index in [1.807, 2.05) is 30.3 Å². The first kappa shape index (κ1) is 20.5. The van der Waals surface area contributed by atoms with Gasteiger partial charge in [0.1, 0.15) is 17.3 Å². The third-order valence-corrected chi connectivity index (χ3v) is 5.76. The van der Waals surface area contributed by atoms with Crippen LogP contribution in [0.25, 0.3) is 16.5 Å². The number of nitrogens with zero attached hydrogens (tertiary/aromatic N) is 2. The lowest BCUT2D eigenvalue weighted by Gasteiger charge is -2.23. The second kappa shape index (κ2) is 7.94. The number of aliphatic hydroxyl groups excluding tert-OH is 1. The first-order chi connectivity index (χ1) is 16.0. The Balaban J connectivity index is 1.71. The molecule has 5 rings (SSSR count). The highest BCUT2D eigenvalue weighted by atomic mass is 16.5. The molecule has 1 aliphatic rings. The van der Waals surface area contributed by atoms with E-state index >= 15 is 0 Å². The Labute approximate surface area is 189 Å². The molecule has 1 amide bonds. The zero-order valence-electron chi connectivity index (χ0n) is 18.0. The van der Waals surface area contributed by atoms with E-state index in [2.05, 4.69) is 5.16 Å². The molecule has 1 N–H and O–H groups in total. The van der Waals surface area contributed by atoms with Gasteiger partial charge in [-0.3, -0.25) is 14.5 Å². The molecule has 33 heavy (non-hydrogen) atoms. The largest absolute Gasteiger partial charge is 0.507 e. The van der Waals surface area contributed by atoms with Crippen molar-refractivity contribution in [3.8, 4) is 5.75 Å². The number of rotatable bonds is 4. The lowest BCUT2D eigenvalue weighted by Crippen LogP contribution is -2.29. The molecule has 1 fully saturated rings. The lowest BCUT2D eigenvalue weighted by atomic mass is 9.94. The van der Waals surface area contributed by atoms with E-state index in [4.69, 9.17) is 9.26 Å². The van der Waals surface area contributed by atoms with Crippen LogP contribution < -0.4 is 9.64 Å². The SMILES string of the molecule is COc1ccc(C2C(=C(O)c3ccc4ccccc4c3)C(=O)C(=O)N2c2cc(C)on2)cc1. The molecule has 0 bridgehead atoms. The molecule has 0 aliphatic carbocycles. The minimum absolute atomic E-state index is 0.0129. The monoisotopic (exact) mass is 440 g/mol. The number of hydrogen-bond acceptors (Lipinski definition) is 6. The van der Waals surface area contributed by atoms with Crippen molar-refractivity contribution in [1.82, 2.24) is 5.16 Å². The number of fused-ring (bicyclic) bond motifs is 1. The molecule has 1 aliphatic heterocycles. The van der Waals surface area contributed by atoms with Crippen LogP contribution in [0.15, 0.2) is 82.9 Å². The number of ketones is 1. The summed E-state index contributed by atoms with van der Waals surface area (Å²) in [7, 11) is 1.55. The average Bonchev–Trinajstić information content (AvgIpc) is 3.38. The van der Waals surface area contributed by atoms with Crippen LogP contribution in [0.4, 0.5) is 5.82 Å². The molecular formula is C26H20N2O5. The first-order valence-electron chi connectivity index (χ1n) is 10.4. The van der Waals surface area contributed by atoms with Gasteiger partial charge in [-0.2, -0.15) is 0 Å². The number of carbonyl (C=O) groups is 2. The van der Waals surface area contributed by atoms with Gasteiger partial charge in [0, 0.05) is 11.6 Å². The number of hydrogen-bond donors (Lipinski definition) is 1. The van der Waals surface area contributed by atoms with Gasteiger partial charge >= 0.3 is 5.91 Å². The Morgan fingerprint density at radius 3 is 2.39 bits per heavy atom. The van der Waals surface area contributed by atoms with Crippen molar-refractivity contribution in [2.75, 3.05) is 12.0 Å². The molecule has 1 saturated heterocycles. The number of anilines is 1. The third kappa shape index (κ3) is 3.43. The zero-order chi connectivity index (χ0) is 23.1. The average molecular weight is 440 g/mol. The third-order valence-electron chi connectivity index (χ3n) is 5.76. The second-order valence-electron chi connectivity index (χ2n) is 7.80. The minimum Gasteiger partial charge on any atom is -0.507 e. The Hall–Kier alpha value is -4.39. The summed E-state index contributed by atoms with van der Waals surface area (Å²) in [4.78, 5) is 27.6. The van der Waals surface area contributed by atoms with E-state index in [1.54, 1.807) is 56.5 Å². The Morgan fingerprint density at radius 1 is 1.00 bits per heavy atom. The molecule has 1 atom stereocenters. The van der Waals surface area contributed by atoms with Crippen LogP contribution in [0.1, 0.15) is 22.9 Å². The second-order valence-corrected chi connectivity index (χ2v) is 7.80. The van der Waals surface area contributed by atoms with Crippen molar-refractivity contribution in [2.45, 2.75) is 13.0 Å². The molecule has 7 heteroatoms. The number of aliphatic hydroxyl groups is 1. The number of ether oxygens (including phenoxy) is 1. The summed E-state index contributed by atoms with van der Waals surface area (Å²) < 4.78 is 10.4. The number of carbonyl (C=O) groups excluding carboxylic acids is 2. The number of Topliss-reactive ketones (excluding diaryl/α,β-unsaturated/α-hetero) is 1. The predicted molar refractivity (Wildman–Crippen MR) is 123 cm³/mol. The Bertz CT molecular complexity index is 1420. The molecule has 1 unspecified atom stereocenters. The number of aromatic nitrogens is 1. The maximum atomic E-state index is 13.2. The molecule has 3 aromatic carbocycles. The summed E-state index contributed by atoms with van der Waals surface area (Å²) in [5.74, 6) is -0.498. The van der Waals surface area contributed by atoms with E-state index in [0.29, 0.717) is 22.6 Å². The molecule has 4 aromatic rings. The van der Waals surface area contributed by atoms with E-state index in [9.17, 15) is 14.7 Å². The van der Waals surface area contributed by atoms with Crippen LogP contribution in [0.2, 0.25) is 0 Å². The van der Waals surface area contributed by atoms with Crippen molar-refractivity contribution in [3.05, 3.63) is 95.3 Å². The van der Waals surface area contributed by atoms with Crippen LogP contribution >= 0.6 is 0 Å². The van der Waals surface area contributed by atoms with Crippen LogP contribution in [0.5, 0.6) is 5.75 Å². The topological polar surface area (TPSA) is 92.9 Å². The normalized spacial score (nSPS) is 17.6. The maximum Gasteiger partial charge on any atom is 0.301 e. The molecule has 1 aromatic heterocycles. The van der Waals surface area contributed by atoms with E-state index in [-0.39, 0.29) is 17.2 Å². The highest BCUT2D eigenvalue weighted by Crippen LogP contribution is 2.42. The fourth-order valence-electron chi connectivity index (χ4n) is 4.13. The summed E-state index contributed by atoms with van der Waals surface area (Å²) >= 11 is 0. The highest BCUT2D eigenvalue weighted by molar-refractivity contribution is 6.51. The van der Waals surface area contributed by atoms with Crippen molar-refractivity contribution in [1.29, 1.82) is 0 Å². The predicted octanol–water partition coefficient (Wildman–Crippen LogP) is 4.77. The summed E-state index contributed by atoms with van der Waals surface area (Å²) in [5.41, 5.74) is 1.06. The maximum absolute atomic E-state index is 13.2. The van der Waals surface area contributed by atoms with Crippen molar-refractivity contribution < 1.29 is 24.0 Å². The molecule has 0 radical (unpaired) electrons. The fraction of sp³-hybridized carbons (Fsp3) is 0.115. The molecule has 2 heterocycles. The zero-order valence-corrected chi connectivity index (χ0v) is 18.0. The molecule has 0 spiro atoms. The van der Waals surface area contributed by atoms with Gasteiger partial charge in [0.25, 0.3) is 5.78 Å².